The van der Waals surface area contributed by atoms with Crippen LogP contribution in [0, 0.1) is 12.3 Å². The Kier molecular flexibility index (Phi) is 3.71. The van der Waals surface area contributed by atoms with Crippen molar-refractivity contribution >= 4 is 15.9 Å². The van der Waals surface area contributed by atoms with Gasteiger partial charge in [0, 0.05) is 19.2 Å². The Morgan fingerprint density at radius 3 is 3.15 bits per heavy atom. The number of terminal acetylenes is 1. The zero-order valence-corrected chi connectivity index (χ0v) is 8.62. The van der Waals surface area contributed by atoms with Gasteiger partial charge in [0.15, 0.2) is 0 Å². The summed E-state index contributed by atoms with van der Waals surface area (Å²) in [7, 11) is 0. The maximum absolute atomic E-state index is 11.4. The molecule has 0 radical (unpaired) electrons. The molecule has 0 unspecified atom stereocenters. The number of rotatable bonds is 3. The van der Waals surface area contributed by atoms with E-state index >= 15 is 0 Å². The Bertz CT molecular complexity index is 378. The second-order valence-electron chi connectivity index (χ2n) is 2.55. The van der Waals surface area contributed by atoms with Crippen molar-refractivity contribution in [3.8, 4) is 12.3 Å². The van der Waals surface area contributed by atoms with E-state index in [0.29, 0.717) is 17.4 Å². The number of nitrogens with zero attached hydrogens (tertiary/aromatic N) is 2. The molecule has 1 heterocycles. The smallest absolute Gasteiger partial charge is 0.267 e. The minimum absolute atomic E-state index is 0.0629. The van der Waals surface area contributed by atoms with Crippen molar-refractivity contribution in [1.82, 2.24) is 9.55 Å². The van der Waals surface area contributed by atoms with Gasteiger partial charge >= 0.3 is 0 Å². The summed E-state index contributed by atoms with van der Waals surface area (Å²) in [6.07, 6.45) is 9.58. The molecule has 0 bridgehead atoms. The zero-order chi connectivity index (χ0) is 9.68. The van der Waals surface area contributed by atoms with E-state index in [1.807, 2.05) is 0 Å². The highest BCUT2D eigenvalue weighted by Crippen LogP contribution is 1.99. The average Bonchev–Trinajstić information content (AvgIpc) is 2.13. The minimum atomic E-state index is -0.0629. The highest BCUT2D eigenvalue weighted by molar-refractivity contribution is 9.10. The van der Waals surface area contributed by atoms with Crippen LogP contribution in [0.3, 0.4) is 0 Å². The Hall–Kier alpha value is -1.08. The summed E-state index contributed by atoms with van der Waals surface area (Å²) in [5.74, 6) is 2.52. The fourth-order valence-electron chi connectivity index (χ4n) is 0.935. The maximum atomic E-state index is 11.4. The summed E-state index contributed by atoms with van der Waals surface area (Å²) in [6, 6.07) is 0. The van der Waals surface area contributed by atoms with Gasteiger partial charge in [0.1, 0.15) is 4.47 Å². The van der Waals surface area contributed by atoms with Crippen LogP contribution in [0.2, 0.25) is 0 Å². The van der Waals surface area contributed by atoms with Gasteiger partial charge in [-0.15, -0.1) is 12.3 Å². The molecule has 4 heteroatoms. The van der Waals surface area contributed by atoms with Crippen molar-refractivity contribution in [2.24, 2.45) is 0 Å². The molecule has 13 heavy (non-hydrogen) atoms. The summed E-state index contributed by atoms with van der Waals surface area (Å²) in [5.41, 5.74) is -0.0629. The van der Waals surface area contributed by atoms with Crippen molar-refractivity contribution in [2.45, 2.75) is 19.4 Å². The minimum Gasteiger partial charge on any atom is -0.298 e. The summed E-state index contributed by atoms with van der Waals surface area (Å²) in [4.78, 5) is 15.3. The molecular formula is C9H9BrN2O. The van der Waals surface area contributed by atoms with Crippen LogP contribution in [-0.2, 0) is 6.54 Å². The fraction of sp³-hybridized carbons (Fsp3) is 0.333. The van der Waals surface area contributed by atoms with Gasteiger partial charge in [-0.3, -0.25) is 9.36 Å². The van der Waals surface area contributed by atoms with E-state index in [2.05, 4.69) is 26.8 Å². The van der Waals surface area contributed by atoms with E-state index in [1.54, 1.807) is 4.57 Å². The van der Waals surface area contributed by atoms with Crippen molar-refractivity contribution in [3.63, 3.8) is 0 Å². The third-order valence-electron chi connectivity index (χ3n) is 1.58. The number of hydrogen-bond donors (Lipinski definition) is 0. The standard InChI is InChI=1S/C9H9BrN2O/c1-2-3-4-5-12-7-11-6-8(10)9(12)13/h1,6-7H,3-5H2. The van der Waals surface area contributed by atoms with E-state index in [4.69, 9.17) is 6.42 Å². The van der Waals surface area contributed by atoms with Crippen LogP contribution in [0.5, 0.6) is 0 Å². The molecule has 0 amide bonds. The summed E-state index contributed by atoms with van der Waals surface area (Å²) in [6.45, 7) is 0.621. The first-order valence-electron chi connectivity index (χ1n) is 3.89. The SMILES string of the molecule is C#CCCCn1cncc(Br)c1=O. The number of aryl methyl sites for hydroxylation is 1. The fourth-order valence-corrected chi connectivity index (χ4v) is 1.28. The van der Waals surface area contributed by atoms with E-state index in [9.17, 15) is 4.79 Å². The van der Waals surface area contributed by atoms with Crippen LogP contribution in [-0.4, -0.2) is 9.55 Å². The molecule has 0 spiro atoms. The topological polar surface area (TPSA) is 34.9 Å². The molecule has 0 saturated heterocycles. The average molecular weight is 241 g/mol. The van der Waals surface area contributed by atoms with Crippen LogP contribution >= 0.6 is 15.9 Å². The normalized spacial score (nSPS) is 9.54. The Balaban J connectivity index is 2.73. The van der Waals surface area contributed by atoms with Gasteiger partial charge < -0.3 is 0 Å². The number of unbranched alkanes of at least 4 members (excludes halogenated alkanes) is 1. The second-order valence-corrected chi connectivity index (χ2v) is 3.40. The van der Waals surface area contributed by atoms with Crippen LogP contribution < -0.4 is 5.56 Å². The first-order valence-corrected chi connectivity index (χ1v) is 4.68. The Labute approximate surface area is 84.9 Å². The Morgan fingerprint density at radius 2 is 2.46 bits per heavy atom. The first-order chi connectivity index (χ1) is 6.25. The van der Waals surface area contributed by atoms with Crippen LogP contribution in [0.25, 0.3) is 0 Å². The second kappa shape index (κ2) is 4.83. The summed E-state index contributed by atoms with van der Waals surface area (Å²) < 4.78 is 2.03. The van der Waals surface area contributed by atoms with Crippen molar-refractivity contribution in [3.05, 3.63) is 27.4 Å². The van der Waals surface area contributed by atoms with E-state index in [0.717, 1.165) is 6.42 Å². The maximum Gasteiger partial charge on any atom is 0.267 e. The van der Waals surface area contributed by atoms with E-state index < -0.39 is 0 Å². The lowest BCUT2D eigenvalue weighted by atomic mass is 10.3. The van der Waals surface area contributed by atoms with Gasteiger partial charge in [0.2, 0.25) is 0 Å². The third kappa shape index (κ3) is 2.71. The largest absolute Gasteiger partial charge is 0.298 e. The molecule has 1 rings (SSSR count). The lowest BCUT2D eigenvalue weighted by Gasteiger charge is -2.02. The van der Waals surface area contributed by atoms with Gasteiger partial charge in [-0.1, -0.05) is 0 Å². The summed E-state index contributed by atoms with van der Waals surface area (Å²) in [5, 5.41) is 0. The van der Waals surface area contributed by atoms with E-state index in [1.165, 1.54) is 12.5 Å². The highest BCUT2D eigenvalue weighted by Gasteiger charge is 1.98. The summed E-state index contributed by atoms with van der Waals surface area (Å²) >= 11 is 3.12. The molecule has 68 valence electrons. The molecule has 0 fully saturated rings. The molecule has 0 aromatic carbocycles. The van der Waals surface area contributed by atoms with Crippen LogP contribution in [0.4, 0.5) is 0 Å². The molecule has 0 atom stereocenters. The molecule has 0 saturated carbocycles. The van der Waals surface area contributed by atoms with Gasteiger partial charge in [-0.25, -0.2) is 4.98 Å². The van der Waals surface area contributed by atoms with Gasteiger partial charge in [-0.05, 0) is 22.4 Å². The lowest BCUT2D eigenvalue weighted by molar-refractivity contribution is 0.619. The first kappa shape index (κ1) is 10.0. The van der Waals surface area contributed by atoms with Gasteiger partial charge in [0.05, 0.1) is 6.33 Å². The predicted molar refractivity (Wildman–Crippen MR) is 54.3 cm³/mol. The van der Waals surface area contributed by atoms with E-state index in [-0.39, 0.29) is 5.56 Å². The molecule has 1 aromatic rings. The Morgan fingerprint density at radius 1 is 1.69 bits per heavy atom. The number of halogens is 1. The molecule has 0 aliphatic rings. The highest BCUT2D eigenvalue weighted by atomic mass is 79.9. The monoisotopic (exact) mass is 240 g/mol. The lowest BCUT2D eigenvalue weighted by Crippen LogP contribution is -2.20. The van der Waals surface area contributed by atoms with Gasteiger partial charge in [0.25, 0.3) is 5.56 Å². The quantitative estimate of drug-likeness (QED) is 0.592. The number of hydrogen-bond acceptors (Lipinski definition) is 2. The van der Waals surface area contributed by atoms with Crippen molar-refractivity contribution in [2.75, 3.05) is 0 Å². The molecule has 0 aliphatic carbocycles. The van der Waals surface area contributed by atoms with Crippen molar-refractivity contribution in [1.29, 1.82) is 0 Å². The molecule has 1 aromatic heterocycles. The van der Waals surface area contributed by atoms with Gasteiger partial charge in [-0.2, -0.15) is 0 Å². The number of aromatic nitrogens is 2. The van der Waals surface area contributed by atoms with Crippen LogP contribution in [0.1, 0.15) is 12.8 Å². The van der Waals surface area contributed by atoms with Crippen LogP contribution in [0.15, 0.2) is 21.8 Å². The molecule has 3 nitrogen and oxygen atoms in total. The molecule has 0 N–H and O–H groups in total. The third-order valence-corrected chi connectivity index (χ3v) is 2.12. The molecular weight excluding hydrogens is 232 g/mol. The zero-order valence-electron chi connectivity index (χ0n) is 7.03. The predicted octanol–water partition coefficient (Wildman–Crippen LogP) is 1.42. The van der Waals surface area contributed by atoms with Crippen molar-refractivity contribution < 1.29 is 0 Å². The molecule has 0 aliphatic heterocycles.